The Kier molecular flexibility index (Phi) is 18.3. The predicted octanol–water partition coefficient (Wildman–Crippen LogP) is 6.51. The van der Waals surface area contributed by atoms with Gasteiger partial charge in [0.15, 0.2) is 0 Å². The molecular formula is C25H49NO4. The van der Waals surface area contributed by atoms with Gasteiger partial charge >= 0.3 is 6.09 Å². The number of amides is 1. The number of carbonyl (C=O) groups excluding carboxylic acids is 1. The Morgan fingerprint density at radius 1 is 0.800 bits per heavy atom. The van der Waals surface area contributed by atoms with Crippen molar-refractivity contribution in [2.24, 2.45) is 0 Å². The standard InChI is InChI=1S/C25H49NO4/c1-2-3-4-5-6-7-8-9-10-11-12-13-14-15-16-17-20-26-25(28)29-22-24-19-18-23(21-27)30-24/h23-24,27H,2-22H2,1H3,(H,26,28)/t23-,24-/m1/s1. The Labute approximate surface area is 185 Å². The lowest BCUT2D eigenvalue weighted by molar-refractivity contribution is -0.0161. The molecule has 0 radical (unpaired) electrons. The lowest BCUT2D eigenvalue weighted by Crippen LogP contribution is -2.29. The van der Waals surface area contributed by atoms with Crippen molar-refractivity contribution in [3.05, 3.63) is 0 Å². The number of nitrogens with one attached hydrogen (secondary N) is 1. The molecule has 0 aromatic carbocycles. The van der Waals surface area contributed by atoms with Gasteiger partial charge in [0.1, 0.15) is 6.61 Å². The van der Waals surface area contributed by atoms with Gasteiger partial charge in [0.2, 0.25) is 0 Å². The minimum Gasteiger partial charge on any atom is -0.447 e. The molecule has 30 heavy (non-hydrogen) atoms. The number of unbranched alkanes of at least 4 members (excludes halogenated alkanes) is 15. The fourth-order valence-electron chi connectivity index (χ4n) is 4.12. The fourth-order valence-corrected chi connectivity index (χ4v) is 4.12. The molecule has 2 N–H and O–H groups in total. The summed E-state index contributed by atoms with van der Waals surface area (Å²) in [6.07, 6.45) is 22.8. The molecule has 0 aromatic rings. The van der Waals surface area contributed by atoms with Crippen LogP contribution in [0.15, 0.2) is 0 Å². The van der Waals surface area contributed by atoms with E-state index < -0.39 is 0 Å². The molecule has 0 aromatic heterocycles. The zero-order valence-electron chi connectivity index (χ0n) is 19.7. The Morgan fingerprint density at radius 3 is 1.73 bits per heavy atom. The van der Waals surface area contributed by atoms with E-state index in [4.69, 9.17) is 14.6 Å². The molecule has 0 unspecified atom stereocenters. The van der Waals surface area contributed by atoms with Crippen molar-refractivity contribution in [2.75, 3.05) is 19.8 Å². The van der Waals surface area contributed by atoms with Gasteiger partial charge < -0.3 is 19.9 Å². The van der Waals surface area contributed by atoms with E-state index in [0.717, 1.165) is 19.3 Å². The maximum absolute atomic E-state index is 11.7. The molecule has 0 saturated carbocycles. The van der Waals surface area contributed by atoms with E-state index in [2.05, 4.69) is 12.2 Å². The Hall–Kier alpha value is -0.810. The predicted molar refractivity (Wildman–Crippen MR) is 124 cm³/mol. The smallest absolute Gasteiger partial charge is 0.407 e. The lowest BCUT2D eigenvalue weighted by atomic mass is 10.0. The third-order valence-corrected chi connectivity index (χ3v) is 6.10. The number of aliphatic hydroxyl groups is 1. The second-order valence-electron chi connectivity index (χ2n) is 8.97. The Morgan fingerprint density at radius 2 is 1.27 bits per heavy atom. The van der Waals surface area contributed by atoms with Gasteiger partial charge in [-0.3, -0.25) is 0 Å². The highest BCUT2D eigenvalue weighted by Crippen LogP contribution is 2.19. The van der Waals surface area contributed by atoms with Gasteiger partial charge in [-0.2, -0.15) is 0 Å². The van der Waals surface area contributed by atoms with Crippen LogP contribution in [-0.2, 0) is 9.47 Å². The first-order valence-electron chi connectivity index (χ1n) is 12.9. The van der Waals surface area contributed by atoms with E-state index in [0.29, 0.717) is 6.54 Å². The van der Waals surface area contributed by atoms with Gasteiger partial charge in [0, 0.05) is 6.54 Å². The summed E-state index contributed by atoms with van der Waals surface area (Å²) in [7, 11) is 0. The van der Waals surface area contributed by atoms with Gasteiger partial charge in [0.05, 0.1) is 18.8 Å². The van der Waals surface area contributed by atoms with Crippen LogP contribution < -0.4 is 5.32 Å². The van der Waals surface area contributed by atoms with Crippen molar-refractivity contribution in [3.63, 3.8) is 0 Å². The third-order valence-electron chi connectivity index (χ3n) is 6.10. The van der Waals surface area contributed by atoms with Crippen molar-refractivity contribution in [1.82, 2.24) is 5.32 Å². The van der Waals surface area contributed by atoms with Crippen molar-refractivity contribution < 1.29 is 19.4 Å². The number of ether oxygens (including phenoxy) is 2. The monoisotopic (exact) mass is 427 g/mol. The molecule has 5 nitrogen and oxygen atoms in total. The second kappa shape index (κ2) is 20.1. The van der Waals surface area contributed by atoms with Crippen LogP contribution in [0.25, 0.3) is 0 Å². The van der Waals surface area contributed by atoms with Crippen LogP contribution in [-0.4, -0.2) is 43.2 Å². The number of carbonyl (C=O) groups is 1. The second-order valence-corrected chi connectivity index (χ2v) is 8.97. The summed E-state index contributed by atoms with van der Waals surface area (Å²) in [6.45, 7) is 3.28. The number of hydrogen-bond donors (Lipinski definition) is 2. The molecule has 1 amide bonds. The van der Waals surface area contributed by atoms with Crippen LogP contribution >= 0.6 is 0 Å². The summed E-state index contributed by atoms with van der Waals surface area (Å²) in [5.74, 6) is 0. The zero-order chi connectivity index (χ0) is 21.7. The summed E-state index contributed by atoms with van der Waals surface area (Å²) < 4.78 is 10.7. The summed E-state index contributed by atoms with van der Waals surface area (Å²) in [5.41, 5.74) is 0. The first-order chi connectivity index (χ1) is 14.8. The highest BCUT2D eigenvalue weighted by Gasteiger charge is 2.25. The molecule has 1 saturated heterocycles. The normalized spacial score (nSPS) is 18.6. The Balaban J connectivity index is 1.73. The minimum absolute atomic E-state index is 0.0436. The van der Waals surface area contributed by atoms with Crippen LogP contribution in [0.2, 0.25) is 0 Å². The molecule has 1 fully saturated rings. The van der Waals surface area contributed by atoms with Gasteiger partial charge in [0.25, 0.3) is 0 Å². The number of aliphatic hydroxyl groups excluding tert-OH is 1. The fraction of sp³-hybridized carbons (Fsp3) is 0.960. The van der Waals surface area contributed by atoms with Crippen molar-refractivity contribution in [2.45, 2.75) is 135 Å². The van der Waals surface area contributed by atoms with E-state index in [9.17, 15) is 4.79 Å². The Bertz CT molecular complexity index is 391. The molecule has 1 aliphatic rings. The van der Waals surface area contributed by atoms with Crippen LogP contribution in [0.3, 0.4) is 0 Å². The minimum atomic E-state index is -0.355. The highest BCUT2D eigenvalue weighted by atomic mass is 16.6. The average molecular weight is 428 g/mol. The van der Waals surface area contributed by atoms with Crippen molar-refractivity contribution in [1.29, 1.82) is 0 Å². The van der Waals surface area contributed by atoms with Crippen molar-refractivity contribution >= 4 is 6.09 Å². The molecule has 0 aliphatic carbocycles. The zero-order valence-corrected chi connectivity index (χ0v) is 19.7. The molecule has 5 heteroatoms. The molecule has 2 atom stereocenters. The van der Waals surface area contributed by atoms with Crippen LogP contribution in [0.4, 0.5) is 4.79 Å². The first-order valence-corrected chi connectivity index (χ1v) is 12.9. The lowest BCUT2D eigenvalue weighted by Gasteiger charge is -2.13. The van der Waals surface area contributed by atoms with E-state index in [-0.39, 0.29) is 31.5 Å². The molecular weight excluding hydrogens is 378 g/mol. The summed E-state index contributed by atoms with van der Waals surface area (Å²) in [4.78, 5) is 11.7. The van der Waals surface area contributed by atoms with Crippen molar-refractivity contribution in [3.8, 4) is 0 Å². The number of hydrogen-bond acceptors (Lipinski definition) is 4. The highest BCUT2D eigenvalue weighted by molar-refractivity contribution is 5.67. The topological polar surface area (TPSA) is 67.8 Å². The molecule has 1 rings (SSSR count). The maximum Gasteiger partial charge on any atom is 0.407 e. The molecule has 1 heterocycles. The van der Waals surface area contributed by atoms with Gasteiger partial charge in [-0.25, -0.2) is 4.79 Å². The van der Waals surface area contributed by atoms with E-state index in [1.165, 1.54) is 96.3 Å². The van der Waals surface area contributed by atoms with Gasteiger partial charge in [-0.05, 0) is 19.3 Å². The quantitative estimate of drug-likeness (QED) is 0.217. The van der Waals surface area contributed by atoms with Crippen LogP contribution in [0, 0.1) is 0 Å². The molecule has 178 valence electrons. The first kappa shape index (κ1) is 27.2. The average Bonchev–Trinajstić information content (AvgIpc) is 3.22. The van der Waals surface area contributed by atoms with Crippen LogP contribution in [0.5, 0.6) is 0 Å². The molecule has 0 spiro atoms. The van der Waals surface area contributed by atoms with E-state index in [1.807, 2.05) is 0 Å². The van der Waals surface area contributed by atoms with Gasteiger partial charge in [-0.1, -0.05) is 103 Å². The third kappa shape index (κ3) is 16.0. The maximum atomic E-state index is 11.7. The summed E-state index contributed by atoms with van der Waals surface area (Å²) in [5, 5.41) is 11.8. The summed E-state index contributed by atoms with van der Waals surface area (Å²) in [6, 6.07) is 0. The van der Waals surface area contributed by atoms with Crippen LogP contribution in [0.1, 0.15) is 122 Å². The molecule has 0 bridgehead atoms. The summed E-state index contributed by atoms with van der Waals surface area (Å²) >= 11 is 0. The van der Waals surface area contributed by atoms with E-state index in [1.54, 1.807) is 0 Å². The number of rotatable bonds is 20. The largest absolute Gasteiger partial charge is 0.447 e. The SMILES string of the molecule is CCCCCCCCCCCCCCCCCCNC(=O)OC[C@H]1CC[C@H](CO)O1. The van der Waals surface area contributed by atoms with E-state index >= 15 is 0 Å². The number of alkyl carbamates (subject to hydrolysis) is 1. The molecule has 1 aliphatic heterocycles. The van der Waals surface area contributed by atoms with Gasteiger partial charge in [-0.15, -0.1) is 0 Å².